The van der Waals surface area contributed by atoms with Gasteiger partial charge in [0, 0.05) is 55.1 Å². The molecule has 0 spiro atoms. The van der Waals surface area contributed by atoms with Crippen LogP contribution in [0.2, 0.25) is 10.0 Å². The highest BCUT2D eigenvalue weighted by molar-refractivity contribution is 6.42. The Kier molecular flexibility index (Phi) is 23.4. The van der Waals surface area contributed by atoms with E-state index in [0.29, 0.717) is 120 Å². The van der Waals surface area contributed by atoms with E-state index in [0.717, 1.165) is 196 Å². The zero-order valence-electron chi connectivity index (χ0n) is 64.0. The quantitative estimate of drug-likeness (QED) is 0.0542. The van der Waals surface area contributed by atoms with E-state index in [-0.39, 0.29) is 10.8 Å². The lowest BCUT2D eigenvalue weighted by atomic mass is 9.89. The first-order chi connectivity index (χ1) is 53.3. The Morgan fingerprint density at radius 3 is 1.14 bits per heavy atom. The van der Waals surface area contributed by atoms with Gasteiger partial charge in [0.25, 0.3) is 17.7 Å². The highest BCUT2D eigenvalue weighted by Gasteiger charge is 2.30. The number of aromatic nitrogens is 6. The van der Waals surface area contributed by atoms with E-state index in [1.54, 1.807) is 0 Å². The third kappa shape index (κ3) is 18.4. The fourth-order valence-corrected chi connectivity index (χ4v) is 15.1. The van der Waals surface area contributed by atoms with Gasteiger partial charge in [0.15, 0.2) is 40.3 Å². The second-order valence-electron chi connectivity index (χ2n) is 31.6. The van der Waals surface area contributed by atoms with E-state index >= 15 is 0 Å². The lowest BCUT2D eigenvalue weighted by Crippen LogP contribution is -2.34. The first-order valence-corrected chi connectivity index (χ1v) is 39.5. The molecule has 0 radical (unpaired) electrons. The number of likely N-dealkylation sites (tertiary alicyclic amines) is 3. The maximum atomic E-state index is 6.21. The summed E-state index contributed by atoms with van der Waals surface area (Å²) in [6.07, 6.45) is 10.5. The minimum absolute atomic E-state index is 0.216. The number of furan rings is 3. The number of piperidine rings is 3. The second-order valence-corrected chi connectivity index (χ2v) is 32.4. The van der Waals surface area contributed by atoms with Crippen LogP contribution >= 0.6 is 23.2 Å². The fourth-order valence-electron chi connectivity index (χ4n) is 14.8. The maximum absolute atomic E-state index is 6.21. The van der Waals surface area contributed by atoms with Gasteiger partial charge in [-0.25, -0.2) is 0 Å². The molecule has 5 aliphatic rings. The van der Waals surface area contributed by atoms with Crippen molar-refractivity contribution in [3.8, 4) is 75.2 Å². The molecule has 110 heavy (non-hydrogen) atoms. The Hall–Kier alpha value is -9.58. The number of ether oxygens (including phenoxy) is 7. The van der Waals surface area contributed by atoms with Crippen LogP contribution < -0.4 is 33.2 Å². The van der Waals surface area contributed by atoms with Gasteiger partial charge in [-0.05, 0) is 210 Å². The number of hydrogen-bond donors (Lipinski definition) is 0. The van der Waals surface area contributed by atoms with Crippen molar-refractivity contribution in [3.63, 3.8) is 0 Å². The Morgan fingerprint density at radius 1 is 0.400 bits per heavy atom. The average molecular weight is 1540 g/mol. The van der Waals surface area contributed by atoms with Gasteiger partial charge in [0.2, 0.25) is 31.3 Å². The van der Waals surface area contributed by atoms with E-state index in [2.05, 4.69) is 89.5 Å². The predicted octanol–water partition coefficient (Wildman–Crippen LogP) is 20.0. The maximum Gasteiger partial charge on any atom is 0.283 e. The highest BCUT2D eigenvalue weighted by atomic mass is 35.5. The molecule has 0 unspecified atom stereocenters. The predicted molar refractivity (Wildman–Crippen MR) is 422 cm³/mol. The molecule has 5 aliphatic heterocycles. The topological polar surface area (TPSA) is 231 Å². The number of halogens is 2. The number of rotatable bonds is 23. The lowest BCUT2D eigenvalue weighted by molar-refractivity contribution is 0.173. The van der Waals surface area contributed by atoms with Crippen LogP contribution in [0.4, 0.5) is 0 Å². The van der Waals surface area contributed by atoms with Gasteiger partial charge in [0.05, 0.1) is 46.0 Å². The molecular weight excluding hydrogens is 1440 g/mol. The number of nitrogens with zero attached hydrogens (tertiary/aromatic N) is 9. The van der Waals surface area contributed by atoms with E-state index in [1.165, 1.54) is 16.7 Å². The van der Waals surface area contributed by atoms with Crippen molar-refractivity contribution >= 4 is 56.1 Å². The number of fused-ring (bicyclic) bond motifs is 5. The molecule has 0 aliphatic carbocycles. The molecule has 17 rings (SSSR count). The van der Waals surface area contributed by atoms with Crippen molar-refractivity contribution in [3.05, 3.63) is 172 Å². The zero-order valence-corrected chi connectivity index (χ0v) is 65.5. The van der Waals surface area contributed by atoms with Crippen LogP contribution in [0.25, 0.3) is 67.9 Å². The molecule has 0 atom stereocenters. The van der Waals surface area contributed by atoms with Gasteiger partial charge < -0.3 is 74.4 Å². The van der Waals surface area contributed by atoms with E-state index in [4.69, 9.17) is 82.9 Å². The molecule has 22 nitrogen and oxygen atoms in total. The van der Waals surface area contributed by atoms with E-state index in [1.807, 2.05) is 139 Å². The summed E-state index contributed by atoms with van der Waals surface area (Å²) in [6, 6.07) is 42.1. The number of benzene rings is 6. The second kappa shape index (κ2) is 34.0. The molecule has 0 bridgehead atoms. The summed E-state index contributed by atoms with van der Waals surface area (Å²) in [5, 5.41) is 29.0. The molecule has 6 aromatic carbocycles. The number of hydrogen-bond acceptors (Lipinski definition) is 22. The van der Waals surface area contributed by atoms with E-state index in [9.17, 15) is 0 Å². The molecule has 12 aromatic rings. The molecule has 0 amide bonds. The van der Waals surface area contributed by atoms with Gasteiger partial charge in [-0.3, -0.25) is 0 Å². The minimum Gasteiger partial charge on any atom is -0.493 e. The van der Waals surface area contributed by atoms with Gasteiger partial charge in [-0.15, -0.1) is 30.6 Å². The van der Waals surface area contributed by atoms with Crippen LogP contribution in [0.1, 0.15) is 165 Å². The Balaban J connectivity index is 0.000000131. The average Bonchev–Trinajstić information content (AvgIpc) is 1.65. The van der Waals surface area contributed by atoms with Gasteiger partial charge in [-0.1, -0.05) is 115 Å². The normalized spacial score (nSPS) is 16.1. The van der Waals surface area contributed by atoms with Crippen molar-refractivity contribution in [1.82, 2.24) is 45.3 Å². The molecule has 578 valence electrons. The molecule has 11 heterocycles. The molecule has 0 N–H and O–H groups in total. The lowest BCUT2D eigenvalue weighted by Gasteiger charge is -2.32. The zero-order chi connectivity index (χ0) is 75.9. The summed E-state index contributed by atoms with van der Waals surface area (Å²) in [5.74, 6) is 12.7. The first kappa shape index (κ1) is 75.8. The van der Waals surface area contributed by atoms with Crippen LogP contribution in [-0.4, -0.2) is 138 Å². The summed E-state index contributed by atoms with van der Waals surface area (Å²) in [5.41, 5.74) is 5.80. The standard InChI is InChI=1S/2C29H33N3O5.C28H31Cl2N3O3/c1-29(2,3)28-31-30-27(37-28)26-17-21-22(6-4-7-23(21)36-26)33-15-5-12-32-13-10-19(11-14-32)20-8-9-24-25(16-20)35-18-34-24;1-19(2)15-28-30-31-29(37-28)27-17-22-23(5-3-6-24(22)36-27)33-14-4-11-32-12-9-20(10-13-32)21-7-8-25-26(16-21)35-18-34-25;1-28(2,3)27-32-31-26(36-27)25-17-20-23(6-4-7-24(20)35-25)34-15-5-12-33-13-10-18(11-14-33)19-8-9-21(29)22(30)16-19/h4,6-9,16-17,19H,5,10-15,18H2,1-3H3;3,5-8,16-17,19-20H,4,9-15,18H2,1-2H3;4,6-9,16-18H,5,10-15H2,1-3H3. The summed E-state index contributed by atoms with van der Waals surface area (Å²) in [6.45, 7) is 28.7. The molecule has 24 heteroatoms. The molecular formula is C86H97Cl2N9O13. The SMILES string of the molecule is CC(C)(C)c1nnc(-c2cc3c(OCCCN4CCC(c5ccc(Cl)c(Cl)c5)CC4)cccc3o2)o1.CC(C)(C)c1nnc(-c2cc3c(OCCCN4CCC(c5ccc6c(c5)OCO6)CC4)cccc3o2)o1.CC(C)Cc1nnc(-c2cc3c(OCCCN4CCC(c5ccc6c(c5)OCO6)CC4)cccc3o2)o1. The van der Waals surface area contributed by atoms with Crippen LogP contribution in [0.5, 0.6) is 40.2 Å². The molecule has 3 saturated heterocycles. The summed E-state index contributed by atoms with van der Waals surface area (Å²) in [4.78, 5) is 7.58. The van der Waals surface area contributed by atoms with Crippen LogP contribution in [0.3, 0.4) is 0 Å². The third-order valence-electron chi connectivity index (χ3n) is 20.9. The largest absolute Gasteiger partial charge is 0.493 e. The van der Waals surface area contributed by atoms with Crippen molar-refractivity contribution in [2.24, 2.45) is 5.92 Å². The van der Waals surface area contributed by atoms with Crippen molar-refractivity contribution in [1.29, 1.82) is 0 Å². The fraction of sp³-hybridized carbons (Fsp3) is 0.442. The third-order valence-corrected chi connectivity index (χ3v) is 21.7. The summed E-state index contributed by atoms with van der Waals surface area (Å²) in [7, 11) is 0. The Morgan fingerprint density at radius 2 is 0.764 bits per heavy atom. The molecule has 6 aromatic heterocycles. The minimum atomic E-state index is -0.218. The van der Waals surface area contributed by atoms with Crippen LogP contribution in [0.15, 0.2) is 154 Å². The molecule has 0 saturated carbocycles. The smallest absolute Gasteiger partial charge is 0.283 e. The first-order valence-electron chi connectivity index (χ1n) is 38.7. The Bertz CT molecular complexity index is 5060. The Labute approximate surface area is 650 Å². The molecule has 3 fully saturated rings. The van der Waals surface area contributed by atoms with Gasteiger partial charge >= 0.3 is 0 Å². The summed E-state index contributed by atoms with van der Waals surface area (Å²) < 4.78 is 75.9. The van der Waals surface area contributed by atoms with Crippen molar-refractivity contribution in [2.45, 2.75) is 148 Å². The van der Waals surface area contributed by atoms with Gasteiger partial charge in [-0.2, -0.15) is 0 Å². The van der Waals surface area contributed by atoms with Crippen LogP contribution in [0, 0.1) is 5.92 Å². The van der Waals surface area contributed by atoms with Gasteiger partial charge in [0.1, 0.15) is 34.0 Å². The summed E-state index contributed by atoms with van der Waals surface area (Å²) >= 11 is 12.3. The van der Waals surface area contributed by atoms with Crippen LogP contribution in [-0.2, 0) is 17.3 Å². The highest BCUT2D eigenvalue weighted by Crippen LogP contribution is 2.42. The monoisotopic (exact) mass is 1530 g/mol. The van der Waals surface area contributed by atoms with Crippen molar-refractivity contribution in [2.75, 3.05) is 92.3 Å². The van der Waals surface area contributed by atoms with Crippen molar-refractivity contribution < 1.29 is 59.7 Å². The van der Waals surface area contributed by atoms with E-state index < -0.39 is 0 Å².